The molecule has 3 heterocycles. The first-order valence-electron chi connectivity index (χ1n) is 8.54. The van der Waals surface area contributed by atoms with Crippen LogP contribution in [-0.4, -0.2) is 20.4 Å². The maximum absolute atomic E-state index is 13.2. The molecule has 0 saturated carbocycles. The van der Waals surface area contributed by atoms with Gasteiger partial charge in [0.2, 0.25) is 0 Å². The third-order valence-electron chi connectivity index (χ3n) is 4.38. The highest BCUT2D eigenvalue weighted by atomic mass is 32.1. The molecule has 0 aliphatic carbocycles. The SMILES string of the molecule is CCn1cc(-c2nc(C(=O)Nc3ccc(F)cc3C)cs2)c2cccnc21. The number of nitrogens with zero attached hydrogens (tertiary/aromatic N) is 3. The number of nitrogens with one attached hydrogen (secondary N) is 1. The topological polar surface area (TPSA) is 59.8 Å². The van der Waals surface area contributed by atoms with Crippen molar-refractivity contribution in [2.75, 3.05) is 5.32 Å². The van der Waals surface area contributed by atoms with Gasteiger partial charge in [0.15, 0.2) is 0 Å². The standard InChI is InChI=1S/C20H17FN4OS/c1-3-25-10-15(14-5-4-8-22-18(14)25)20-24-17(11-27-20)19(26)23-16-7-6-13(21)9-12(16)2/h4-11H,3H2,1-2H3,(H,23,26). The Labute approximate surface area is 159 Å². The molecule has 4 rings (SSSR count). The first-order chi connectivity index (χ1) is 13.1. The van der Waals surface area contributed by atoms with E-state index in [1.807, 2.05) is 18.3 Å². The van der Waals surface area contributed by atoms with Gasteiger partial charge in [-0.05, 0) is 49.7 Å². The minimum atomic E-state index is -0.331. The van der Waals surface area contributed by atoms with Gasteiger partial charge in [-0.1, -0.05) is 0 Å². The minimum absolute atomic E-state index is 0.315. The van der Waals surface area contributed by atoms with Crippen molar-refractivity contribution in [3.63, 3.8) is 0 Å². The number of halogens is 1. The normalized spacial score (nSPS) is 11.1. The van der Waals surface area contributed by atoms with Crippen LogP contribution in [0.1, 0.15) is 23.0 Å². The molecule has 1 amide bonds. The van der Waals surface area contributed by atoms with Crippen LogP contribution in [0.5, 0.6) is 0 Å². The van der Waals surface area contributed by atoms with E-state index in [2.05, 4.69) is 26.8 Å². The van der Waals surface area contributed by atoms with Crippen molar-refractivity contribution < 1.29 is 9.18 Å². The summed E-state index contributed by atoms with van der Waals surface area (Å²) in [6, 6.07) is 8.16. The molecule has 3 aromatic heterocycles. The Bertz CT molecular complexity index is 1150. The van der Waals surface area contributed by atoms with Crippen LogP contribution in [0.2, 0.25) is 0 Å². The van der Waals surface area contributed by atoms with E-state index >= 15 is 0 Å². The molecule has 0 radical (unpaired) electrons. The maximum atomic E-state index is 13.2. The number of rotatable bonds is 4. The van der Waals surface area contributed by atoms with Crippen LogP contribution < -0.4 is 5.32 Å². The molecule has 0 bridgehead atoms. The van der Waals surface area contributed by atoms with Gasteiger partial charge in [0.1, 0.15) is 22.2 Å². The zero-order chi connectivity index (χ0) is 19.0. The van der Waals surface area contributed by atoms with Gasteiger partial charge in [-0.3, -0.25) is 4.79 Å². The molecular formula is C20H17FN4OS. The molecule has 1 N–H and O–H groups in total. The Morgan fingerprint density at radius 2 is 2.19 bits per heavy atom. The van der Waals surface area contributed by atoms with E-state index in [0.29, 0.717) is 16.9 Å². The predicted molar refractivity (Wildman–Crippen MR) is 106 cm³/mol. The van der Waals surface area contributed by atoms with Gasteiger partial charge in [-0.15, -0.1) is 11.3 Å². The van der Waals surface area contributed by atoms with Crippen molar-refractivity contribution in [1.82, 2.24) is 14.5 Å². The lowest BCUT2D eigenvalue weighted by Crippen LogP contribution is -2.13. The summed E-state index contributed by atoms with van der Waals surface area (Å²) in [5.74, 6) is -0.646. The second-order valence-electron chi connectivity index (χ2n) is 6.15. The zero-order valence-electron chi connectivity index (χ0n) is 14.9. The zero-order valence-corrected chi connectivity index (χ0v) is 15.7. The first kappa shape index (κ1) is 17.4. The van der Waals surface area contributed by atoms with Gasteiger partial charge in [-0.25, -0.2) is 14.4 Å². The lowest BCUT2D eigenvalue weighted by atomic mass is 10.2. The Hall–Kier alpha value is -3.06. The van der Waals surface area contributed by atoms with Gasteiger partial charge in [0.25, 0.3) is 5.91 Å². The molecular weight excluding hydrogens is 363 g/mol. The van der Waals surface area contributed by atoms with Crippen LogP contribution in [0, 0.1) is 12.7 Å². The van der Waals surface area contributed by atoms with Crippen molar-refractivity contribution >= 4 is 34.0 Å². The number of pyridine rings is 1. The highest BCUT2D eigenvalue weighted by molar-refractivity contribution is 7.13. The van der Waals surface area contributed by atoms with Gasteiger partial charge < -0.3 is 9.88 Å². The summed E-state index contributed by atoms with van der Waals surface area (Å²) in [6.07, 6.45) is 3.78. The van der Waals surface area contributed by atoms with Gasteiger partial charge in [0.05, 0.1) is 0 Å². The molecule has 0 saturated heterocycles. The summed E-state index contributed by atoms with van der Waals surface area (Å²) in [5.41, 5.74) is 3.43. The van der Waals surface area contributed by atoms with E-state index in [0.717, 1.165) is 28.1 Å². The van der Waals surface area contributed by atoms with E-state index in [1.54, 1.807) is 24.6 Å². The summed E-state index contributed by atoms with van der Waals surface area (Å²) in [7, 11) is 0. The highest BCUT2D eigenvalue weighted by Gasteiger charge is 2.17. The average molecular weight is 380 g/mol. The summed E-state index contributed by atoms with van der Waals surface area (Å²) >= 11 is 1.41. The second kappa shape index (κ2) is 6.92. The lowest BCUT2D eigenvalue weighted by Gasteiger charge is -2.06. The third kappa shape index (κ3) is 3.21. The van der Waals surface area contributed by atoms with Crippen LogP contribution in [0.25, 0.3) is 21.6 Å². The number of carbonyl (C=O) groups excluding carboxylic acids is 1. The molecule has 0 fully saturated rings. The minimum Gasteiger partial charge on any atom is -0.332 e. The number of aromatic nitrogens is 3. The Balaban J connectivity index is 1.65. The van der Waals surface area contributed by atoms with Crippen molar-refractivity contribution in [3.05, 3.63) is 65.2 Å². The number of aryl methyl sites for hydroxylation is 2. The Kier molecular flexibility index (Phi) is 4.45. The average Bonchev–Trinajstić information content (AvgIpc) is 3.28. The summed E-state index contributed by atoms with van der Waals surface area (Å²) in [4.78, 5) is 21.5. The number of amides is 1. The Morgan fingerprint density at radius 3 is 2.96 bits per heavy atom. The molecule has 0 unspecified atom stereocenters. The van der Waals surface area contributed by atoms with Crippen molar-refractivity contribution in [2.45, 2.75) is 20.4 Å². The number of hydrogen-bond acceptors (Lipinski definition) is 4. The van der Waals surface area contributed by atoms with Crippen molar-refractivity contribution in [2.24, 2.45) is 0 Å². The van der Waals surface area contributed by atoms with E-state index in [9.17, 15) is 9.18 Å². The van der Waals surface area contributed by atoms with Crippen molar-refractivity contribution in [3.8, 4) is 10.6 Å². The second-order valence-corrected chi connectivity index (χ2v) is 7.01. The number of anilines is 1. The monoisotopic (exact) mass is 380 g/mol. The maximum Gasteiger partial charge on any atom is 0.275 e. The molecule has 7 heteroatoms. The quantitative estimate of drug-likeness (QED) is 0.549. The fourth-order valence-electron chi connectivity index (χ4n) is 2.99. The smallest absolute Gasteiger partial charge is 0.275 e. The molecule has 0 aliphatic rings. The largest absolute Gasteiger partial charge is 0.332 e. The number of fused-ring (bicyclic) bond motifs is 1. The number of benzene rings is 1. The predicted octanol–water partition coefficient (Wildman–Crippen LogP) is 4.88. The summed E-state index contributed by atoms with van der Waals surface area (Å²) in [5, 5.41) is 6.30. The first-order valence-corrected chi connectivity index (χ1v) is 9.42. The number of thiazole rings is 1. The van der Waals surface area contributed by atoms with Crippen molar-refractivity contribution in [1.29, 1.82) is 0 Å². The number of carbonyl (C=O) groups is 1. The molecule has 27 heavy (non-hydrogen) atoms. The van der Waals surface area contributed by atoms with Crippen LogP contribution >= 0.6 is 11.3 Å². The van der Waals surface area contributed by atoms with E-state index in [-0.39, 0.29) is 11.7 Å². The highest BCUT2D eigenvalue weighted by Crippen LogP contribution is 2.32. The van der Waals surface area contributed by atoms with Gasteiger partial charge >= 0.3 is 0 Å². The molecule has 5 nitrogen and oxygen atoms in total. The molecule has 0 spiro atoms. The fourth-order valence-corrected chi connectivity index (χ4v) is 3.81. The van der Waals surface area contributed by atoms with Crippen LogP contribution in [0.4, 0.5) is 10.1 Å². The van der Waals surface area contributed by atoms with E-state index < -0.39 is 0 Å². The molecule has 0 aliphatic heterocycles. The third-order valence-corrected chi connectivity index (χ3v) is 5.25. The molecule has 0 atom stereocenters. The molecule has 4 aromatic rings. The summed E-state index contributed by atoms with van der Waals surface area (Å²) < 4.78 is 15.3. The van der Waals surface area contributed by atoms with E-state index in [4.69, 9.17) is 0 Å². The van der Waals surface area contributed by atoms with E-state index in [1.165, 1.54) is 23.5 Å². The molecule has 1 aromatic carbocycles. The van der Waals surface area contributed by atoms with Gasteiger partial charge in [-0.2, -0.15) is 0 Å². The summed E-state index contributed by atoms with van der Waals surface area (Å²) in [6.45, 7) is 4.61. The lowest BCUT2D eigenvalue weighted by molar-refractivity contribution is 0.102. The van der Waals surface area contributed by atoms with Crippen LogP contribution in [-0.2, 0) is 6.54 Å². The van der Waals surface area contributed by atoms with Crippen LogP contribution in [0.15, 0.2) is 48.1 Å². The Morgan fingerprint density at radius 1 is 1.33 bits per heavy atom. The molecule has 136 valence electrons. The number of hydrogen-bond donors (Lipinski definition) is 1. The fraction of sp³-hybridized carbons (Fsp3) is 0.150. The van der Waals surface area contributed by atoms with Gasteiger partial charge in [0, 0.05) is 41.0 Å². The van der Waals surface area contributed by atoms with Crippen LogP contribution in [0.3, 0.4) is 0 Å².